The van der Waals surface area contributed by atoms with E-state index in [-0.39, 0.29) is 5.41 Å². The van der Waals surface area contributed by atoms with Crippen molar-refractivity contribution in [3.05, 3.63) is 0 Å². The Hall–Kier alpha value is -0.160. The minimum Gasteiger partial charge on any atom is -0.353 e. The molecule has 0 radical (unpaired) electrons. The smallest absolute Gasteiger partial charge is 0.171 e. The van der Waals surface area contributed by atoms with Crippen LogP contribution in [0.4, 0.5) is 0 Å². The van der Waals surface area contributed by atoms with E-state index in [1.54, 1.807) is 28.4 Å². The Kier molecular flexibility index (Phi) is 4.26. The second-order valence-electron chi connectivity index (χ2n) is 6.30. The van der Waals surface area contributed by atoms with Gasteiger partial charge in [0.25, 0.3) is 0 Å². The van der Waals surface area contributed by atoms with Crippen molar-refractivity contribution in [1.29, 1.82) is 0 Å². The van der Waals surface area contributed by atoms with Crippen molar-refractivity contribution in [1.82, 2.24) is 0 Å². The van der Waals surface area contributed by atoms with Crippen LogP contribution < -0.4 is 0 Å². The summed E-state index contributed by atoms with van der Waals surface area (Å²) >= 11 is 0. The lowest BCUT2D eigenvalue weighted by molar-refractivity contribution is -0.327. The van der Waals surface area contributed by atoms with Crippen LogP contribution in [0.3, 0.4) is 0 Å². The summed E-state index contributed by atoms with van der Waals surface area (Å²) in [6.07, 6.45) is 6.20. The van der Waals surface area contributed by atoms with Crippen LogP contribution in [0.15, 0.2) is 0 Å². The monoisotopic (exact) mass is 272 g/mol. The molecule has 0 unspecified atom stereocenters. The predicted molar refractivity (Wildman–Crippen MR) is 72.8 cm³/mol. The maximum absolute atomic E-state index is 5.81. The SMILES string of the molecule is COC1(OC)CC[C@@]2(C)CCCC(OC)(OC)[C@H]2C1. The van der Waals surface area contributed by atoms with Gasteiger partial charge in [-0.25, -0.2) is 0 Å². The summed E-state index contributed by atoms with van der Waals surface area (Å²) in [7, 11) is 6.98. The molecule has 0 saturated heterocycles. The highest BCUT2D eigenvalue weighted by Gasteiger charge is 2.58. The first-order valence-corrected chi connectivity index (χ1v) is 7.20. The molecular formula is C15H28O4. The van der Waals surface area contributed by atoms with Crippen LogP contribution in [0.2, 0.25) is 0 Å². The fourth-order valence-electron chi connectivity index (χ4n) is 4.23. The molecule has 4 nitrogen and oxygen atoms in total. The van der Waals surface area contributed by atoms with Crippen molar-refractivity contribution in [3.63, 3.8) is 0 Å². The Morgan fingerprint density at radius 1 is 0.789 bits per heavy atom. The molecule has 2 aliphatic rings. The van der Waals surface area contributed by atoms with E-state index >= 15 is 0 Å². The number of rotatable bonds is 4. The summed E-state index contributed by atoms with van der Waals surface area (Å²) < 4.78 is 23.0. The molecule has 2 saturated carbocycles. The van der Waals surface area contributed by atoms with Crippen LogP contribution in [-0.4, -0.2) is 40.0 Å². The molecular weight excluding hydrogens is 244 g/mol. The van der Waals surface area contributed by atoms with Crippen LogP contribution in [0.1, 0.15) is 45.4 Å². The van der Waals surface area contributed by atoms with E-state index in [2.05, 4.69) is 6.92 Å². The number of fused-ring (bicyclic) bond motifs is 1. The molecule has 112 valence electrons. The highest BCUT2D eigenvalue weighted by atomic mass is 16.7. The summed E-state index contributed by atoms with van der Waals surface area (Å²) in [5.41, 5.74) is 0.255. The maximum Gasteiger partial charge on any atom is 0.171 e. The topological polar surface area (TPSA) is 36.9 Å². The zero-order valence-corrected chi connectivity index (χ0v) is 13.0. The second-order valence-corrected chi connectivity index (χ2v) is 6.30. The predicted octanol–water partition coefficient (Wildman–Crippen LogP) is 2.95. The third-order valence-corrected chi connectivity index (χ3v) is 5.67. The molecule has 0 N–H and O–H groups in total. The largest absolute Gasteiger partial charge is 0.353 e. The summed E-state index contributed by atoms with van der Waals surface area (Å²) in [4.78, 5) is 0. The highest BCUT2D eigenvalue weighted by molar-refractivity contribution is 5.02. The van der Waals surface area contributed by atoms with Crippen molar-refractivity contribution in [3.8, 4) is 0 Å². The van der Waals surface area contributed by atoms with E-state index in [1.165, 1.54) is 6.42 Å². The third kappa shape index (κ3) is 2.33. The molecule has 4 heteroatoms. The van der Waals surface area contributed by atoms with Crippen molar-refractivity contribution in [2.24, 2.45) is 11.3 Å². The molecule has 2 rings (SSSR count). The van der Waals surface area contributed by atoms with Crippen LogP contribution in [-0.2, 0) is 18.9 Å². The first-order chi connectivity index (χ1) is 9.00. The molecule has 19 heavy (non-hydrogen) atoms. The lowest BCUT2D eigenvalue weighted by atomic mass is 9.56. The lowest BCUT2D eigenvalue weighted by Crippen LogP contribution is -2.59. The summed E-state index contributed by atoms with van der Waals surface area (Å²) in [6.45, 7) is 2.36. The first-order valence-electron chi connectivity index (χ1n) is 7.20. The normalized spacial score (nSPS) is 36.8. The van der Waals surface area contributed by atoms with Gasteiger partial charge in [-0.3, -0.25) is 0 Å². The van der Waals surface area contributed by atoms with Crippen LogP contribution in [0, 0.1) is 11.3 Å². The lowest BCUT2D eigenvalue weighted by Gasteiger charge is -2.57. The molecule has 2 fully saturated rings. The van der Waals surface area contributed by atoms with Gasteiger partial charge in [-0.15, -0.1) is 0 Å². The van der Waals surface area contributed by atoms with E-state index in [9.17, 15) is 0 Å². The standard InChI is InChI=1S/C15H28O4/c1-13-7-6-8-15(18-4,19-5)12(13)11-14(16-2,17-3)10-9-13/h12H,6-11H2,1-5H3/t12-,13+/m0/s1. The Morgan fingerprint density at radius 2 is 1.42 bits per heavy atom. The second kappa shape index (κ2) is 5.32. The van der Waals surface area contributed by atoms with Gasteiger partial charge in [0.1, 0.15) is 0 Å². The fourth-order valence-corrected chi connectivity index (χ4v) is 4.23. The fraction of sp³-hybridized carbons (Fsp3) is 1.00. The van der Waals surface area contributed by atoms with Crippen LogP contribution in [0.5, 0.6) is 0 Å². The van der Waals surface area contributed by atoms with Crippen molar-refractivity contribution >= 4 is 0 Å². The van der Waals surface area contributed by atoms with E-state index in [1.807, 2.05) is 0 Å². The van der Waals surface area contributed by atoms with Gasteiger partial charge < -0.3 is 18.9 Å². The van der Waals surface area contributed by atoms with Gasteiger partial charge in [-0.2, -0.15) is 0 Å². The van der Waals surface area contributed by atoms with E-state index in [4.69, 9.17) is 18.9 Å². The van der Waals surface area contributed by atoms with Crippen LogP contribution >= 0.6 is 0 Å². The number of ether oxygens (including phenoxy) is 4. The quantitative estimate of drug-likeness (QED) is 0.737. The van der Waals surface area contributed by atoms with Crippen molar-refractivity contribution < 1.29 is 18.9 Å². The number of hydrogen-bond acceptors (Lipinski definition) is 4. The van der Waals surface area contributed by atoms with Crippen LogP contribution in [0.25, 0.3) is 0 Å². The zero-order chi connectivity index (χ0) is 14.1. The Morgan fingerprint density at radius 3 is 1.95 bits per heavy atom. The average Bonchev–Trinajstić information content (AvgIpc) is 2.46. The molecule has 0 bridgehead atoms. The molecule has 0 aromatic heterocycles. The number of methoxy groups -OCH3 is 4. The van der Waals surface area contributed by atoms with Gasteiger partial charge in [0.15, 0.2) is 11.6 Å². The maximum atomic E-state index is 5.81. The third-order valence-electron chi connectivity index (χ3n) is 5.67. The van der Waals surface area contributed by atoms with Gasteiger partial charge in [0, 0.05) is 53.6 Å². The Labute approximate surface area is 116 Å². The van der Waals surface area contributed by atoms with E-state index in [0.29, 0.717) is 5.92 Å². The Balaban J connectivity index is 2.32. The van der Waals surface area contributed by atoms with Gasteiger partial charge >= 0.3 is 0 Å². The zero-order valence-electron chi connectivity index (χ0n) is 13.0. The molecule has 0 spiro atoms. The van der Waals surface area contributed by atoms with E-state index < -0.39 is 11.6 Å². The van der Waals surface area contributed by atoms with Gasteiger partial charge in [0.05, 0.1) is 0 Å². The molecule has 2 atom stereocenters. The summed E-state index contributed by atoms with van der Waals surface area (Å²) in [5.74, 6) is -0.670. The van der Waals surface area contributed by atoms with Gasteiger partial charge in [-0.1, -0.05) is 6.92 Å². The average molecular weight is 272 g/mol. The minimum absolute atomic E-state index is 0.255. The summed E-state index contributed by atoms with van der Waals surface area (Å²) in [6, 6.07) is 0. The molecule has 0 aromatic carbocycles. The molecule has 0 amide bonds. The minimum atomic E-state index is -0.490. The van der Waals surface area contributed by atoms with Crippen molar-refractivity contribution in [2.45, 2.75) is 57.0 Å². The van der Waals surface area contributed by atoms with E-state index in [0.717, 1.165) is 32.1 Å². The molecule has 0 heterocycles. The molecule has 2 aliphatic carbocycles. The highest BCUT2D eigenvalue weighted by Crippen LogP contribution is 2.58. The van der Waals surface area contributed by atoms with Crippen molar-refractivity contribution in [2.75, 3.05) is 28.4 Å². The van der Waals surface area contributed by atoms with Gasteiger partial charge in [-0.05, 0) is 24.7 Å². The molecule has 0 aromatic rings. The first kappa shape index (κ1) is 15.2. The summed E-state index contributed by atoms with van der Waals surface area (Å²) in [5, 5.41) is 0. The molecule has 0 aliphatic heterocycles. The Bertz CT molecular complexity index is 309. The van der Waals surface area contributed by atoms with Gasteiger partial charge in [0.2, 0.25) is 0 Å². The number of hydrogen-bond donors (Lipinski definition) is 0.